The first kappa shape index (κ1) is 15.9. The maximum Gasteiger partial charge on any atom is 0.265 e. The lowest BCUT2D eigenvalue weighted by molar-refractivity contribution is -0.130. The normalized spacial score (nSPS) is 16.1. The van der Waals surface area contributed by atoms with Crippen molar-refractivity contribution in [3.63, 3.8) is 0 Å². The zero-order chi connectivity index (χ0) is 15.6. The molecule has 1 saturated heterocycles. The van der Waals surface area contributed by atoms with Crippen LogP contribution in [-0.4, -0.2) is 71.8 Å². The lowest BCUT2D eigenvalue weighted by Crippen LogP contribution is -2.47. The number of aryl methyl sites for hydroxylation is 1. The van der Waals surface area contributed by atoms with Gasteiger partial charge in [-0.25, -0.2) is 4.98 Å². The SMILES string of the molecule is CC(=O)N1CCN(Cc2nc(C)c(C(=O)N(C)C)s2)CC1. The highest BCUT2D eigenvalue weighted by Crippen LogP contribution is 2.21. The van der Waals surface area contributed by atoms with Gasteiger partial charge in [0.1, 0.15) is 9.88 Å². The maximum atomic E-state index is 12.0. The van der Waals surface area contributed by atoms with Crippen LogP contribution in [0.3, 0.4) is 0 Å². The van der Waals surface area contributed by atoms with Crippen LogP contribution in [0.5, 0.6) is 0 Å². The minimum atomic E-state index is 0.0117. The molecule has 0 N–H and O–H groups in total. The number of piperazine rings is 1. The predicted molar refractivity (Wildman–Crippen MR) is 82.4 cm³/mol. The van der Waals surface area contributed by atoms with Crippen molar-refractivity contribution in [3.8, 4) is 0 Å². The van der Waals surface area contributed by atoms with Crippen LogP contribution in [0.15, 0.2) is 0 Å². The zero-order valence-corrected chi connectivity index (χ0v) is 13.9. The van der Waals surface area contributed by atoms with Crippen molar-refractivity contribution in [1.82, 2.24) is 19.7 Å². The van der Waals surface area contributed by atoms with Gasteiger partial charge in [-0.15, -0.1) is 11.3 Å². The molecule has 0 aliphatic carbocycles. The summed E-state index contributed by atoms with van der Waals surface area (Å²) >= 11 is 1.47. The molecular formula is C14H22N4O2S. The predicted octanol–water partition coefficient (Wildman–Crippen LogP) is 0.817. The highest BCUT2D eigenvalue weighted by atomic mass is 32.1. The number of amides is 2. The summed E-state index contributed by atoms with van der Waals surface area (Å²) < 4.78 is 0. The van der Waals surface area contributed by atoms with E-state index in [-0.39, 0.29) is 11.8 Å². The molecule has 0 spiro atoms. The topological polar surface area (TPSA) is 56.8 Å². The average Bonchev–Trinajstić information content (AvgIpc) is 2.79. The van der Waals surface area contributed by atoms with E-state index >= 15 is 0 Å². The molecule has 0 unspecified atom stereocenters. The fourth-order valence-corrected chi connectivity index (χ4v) is 3.46. The van der Waals surface area contributed by atoms with Gasteiger partial charge >= 0.3 is 0 Å². The number of hydrogen-bond acceptors (Lipinski definition) is 5. The molecule has 1 aliphatic heterocycles. The van der Waals surface area contributed by atoms with Crippen LogP contribution in [0, 0.1) is 6.92 Å². The Balaban J connectivity index is 1.97. The highest BCUT2D eigenvalue weighted by molar-refractivity contribution is 7.13. The fraction of sp³-hybridized carbons (Fsp3) is 0.643. The molecule has 6 nitrogen and oxygen atoms in total. The van der Waals surface area contributed by atoms with E-state index in [9.17, 15) is 9.59 Å². The van der Waals surface area contributed by atoms with Gasteiger partial charge in [-0.1, -0.05) is 0 Å². The minimum absolute atomic E-state index is 0.0117. The van der Waals surface area contributed by atoms with Gasteiger partial charge in [0.2, 0.25) is 5.91 Å². The molecule has 0 bridgehead atoms. The molecule has 1 aliphatic rings. The number of carbonyl (C=O) groups is 2. The first-order chi connectivity index (χ1) is 9.88. The van der Waals surface area contributed by atoms with E-state index in [1.54, 1.807) is 25.9 Å². The van der Waals surface area contributed by atoms with Crippen molar-refractivity contribution in [3.05, 3.63) is 15.6 Å². The van der Waals surface area contributed by atoms with E-state index in [1.165, 1.54) is 11.3 Å². The number of nitrogens with zero attached hydrogens (tertiary/aromatic N) is 4. The van der Waals surface area contributed by atoms with E-state index in [4.69, 9.17) is 0 Å². The quantitative estimate of drug-likeness (QED) is 0.829. The molecule has 116 valence electrons. The molecule has 21 heavy (non-hydrogen) atoms. The number of rotatable bonds is 3. The summed E-state index contributed by atoms with van der Waals surface area (Å²) in [5.41, 5.74) is 0.802. The van der Waals surface area contributed by atoms with Gasteiger partial charge in [-0.3, -0.25) is 14.5 Å². The molecule has 2 amide bonds. The zero-order valence-electron chi connectivity index (χ0n) is 13.0. The van der Waals surface area contributed by atoms with Gasteiger partial charge in [-0.2, -0.15) is 0 Å². The lowest BCUT2D eigenvalue weighted by Gasteiger charge is -2.33. The maximum absolute atomic E-state index is 12.0. The van der Waals surface area contributed by atoms with Crippen molar-refractivity contribution >= 4 is 23.2 Å². The Morgan fingerprint density at radius 2 is 1.86 bits per heavy atom. The Morgan fingerprint density at radius 3 is 2.38 bits per heavy atom. The van der Waals surface area contributed by atoms with Crippen LogP contribution in [0.2, 0.25) is 0 Å². The fourth-order valence-electron chi connectivity index (χ4n) is 2.33. The third-order valence-corrected chi connectivity index (χ3v) is 4.75. The molecule has 0 atom stereocenters. The van der Waals surface area contributed by atoms with E-state index in [2.05, 4.69) is 9.88 Å². The molecule has 1 aromatic heterocycles. The Hall–Kier alpha value is -1.47. The standard InChI is InChI=1S/C14H22N4O2S/c1-10-13(14(20)16(3)4)21-12(15-10)9-17-5-7-18(8-6-17)11(2)19/h5-9H2,1-4H3. The molecule has 1 aromatic rings. The number of hydrogen-bond donors (Lipinski definition) is 0. The summed E-state index contributed by atoms with van der Waals surface area (Å²) in [5, 5.41) is 0.967. The first-order valence-electron chi connectivity index (χ1n) is 7.04. The lowest BCUT2D eigenvalue weighted by atomic mass is 10.3. The Bertz CT molecular complexity index is 533. The van der Waals surface area contributed by atoms with Crippen LogP contribution >= 0.6 is 11.3 Å². The Kier molecular flexibility index (Phi) is 4.95. The molecular weight excluding hydrogens is 288 g/mol. The van der Waals surface area contributed by atoms with Crippen molar-refractivity contribution in [2.45, 2.75) is 20.4 Å². The summed E-state index contributed by atoms with van der Waals surface area (Å²) in [4.78, 5) is 34.3. The monoisotopic (exact) mass is 310 g/mol. The third-order valence-electron chi connectivity index (χ3n) is 3.62. The molecule has 2 heterocycles. The summed E-state index contributed by atoms with van der Waals surface area (Å²) in [7, 11) is 3.50. The van der Waals surface area contributed by atoms with E-state index in [0.29, 0.717) is 0 Å². The van der Waals surface area contributed by atoms with Crippen molar-refractivity contribution in [2.24, 2.45) is 0 Å². The van der Waals surface area contributed by atoms with E-state index < -0.39 is 0 Å². The summed E-state index contributed by atoms with van der Waals surface area (Å²) in [5.74, 6) is 0.149. The summed E-state index contributed by atoms with van der Waals surface area (Å²) in [6.07, 6.45) is 0. The van der Waals surface area contributed by atoms with Gasteiger partial charge < -0.3 is 9.80 Å². The summed E-state index contributed by atoms with van der Waals surface area (Å²) in [6, 6.07) is 0. The highest BCUT2D eigenvalue weighted by Gasteiger charge is 2.21. The molecule has 0 aromatic carbocycles. The number of thiazole rings is 1. The van der Waals surface area contributed by atoms with Gasteiger partial charge in [-0.05, 0) is 6.92 Å². The Labute approximate surface area is 129 Å². The molecule has 2 rings (SSSR count). The van der Waals surface area contributed by atoms with Crippen LogP contribution in [-0.2, 0) is 11.3 Å². The van der Waals surface area contributed by atoms with Gasteiger partial charge in [0.25, 0.3) is 5.91 Å². The molecule has 1 fully saturated rings. The van der Waals surface area contributed by atoms with Gasteiger partial charge in [0.05, 0.1) is 12.2 Å². The minimum Gasteiger partial charge on any atom is -0.344 e. The third kappa shape index (κ3) is 3.79. The summed E-state index contributed by atoms with van der Waals surface area (Å²) in [6.45, 7) is 7.48. The second-order valence-electron chi connectivity index (χ2n) is 5.50. The van der Waals surface area contributed by atoms with Crippen LogP contribution < -0.4 is 0 Å². The smallest absolute Gasteiger partial charge is 0.265 e. The van der Waals surface area contributed by atoms with Crippen LogP contribution in [0.25, 0.3) is 0 Å². The Morgan fingerprint density at radius 1 is 1.24 bits per heavy atom. The van der Waals surface area contributed by atoms with Gasteiger partial charge in [0.15, 0.2) is 0 Å². The van der Waals surface area contributed by atoms with Crippen molar-refractivity contribution in [1.29, 1.82) is 0 Å². The van der Waals surface area contributed by atoms with E-state index in [0.717, 1.165) is 48.3 Å². The molecule has 0 radical (unpaired) electrons. The molecule has 7 heteroatoms. The van der Waals surface area contributed by atoms with E-state index in [1.807, 2.05) is 11.8 Å². The second-order valence-corrected chi connectivity index (χ2v) is 6.59. The van der Waals surface area contributed by atoms with Crippen LogP contribution in [0.4, 0.5) is 0 Å². The van der Waals surface area contributed by atoms with Crippen LogP contribution in [0.1, 0.15) is 27.3 Å². The first-order valence-corrected chi connectivity index (χ1v) is 7.86. The molecule has 0 saturated carbocycles. The largest absolute Gasteiger partial charge is 0.344 e. The second kappa shape index (κ2) is 6.53. The number of aromatic nitrogens is 1. The van der Waals surface area contributed by atoms with Crippen molar-refractivity contribution in [2.75, 3.05) is 40.3 Å². The van der Waals surface area contributed by atoms with Gasteiger partial charge in [0, 0.05) is 47.2 Å². The number of carbonyl (C=O) groups excluding carboxylic acids is 2. The van der Waals surface area contributed by atoms with Crippen molar-refractivity contribution < 1.29 is 9.59 Å². The average molecular weight is 310 g/mol.